The molecule has 7 nitrogen and oxygen atoms in total. The molecule has 0 aliphatic carbocycles. The molecule has 2 rings (SSSR count). The molecular formula is C13H19N3O4S2. The quantitative estimate of drug-likeness (QED) is 0.846. The van der Waals surface area contributed by atoms with Crippen molar-refractivity contribution < 1.29 is 18.0 Å². The van der Waals surface area contributed by atoms with Crippen molar-refractivity contribution in [1.29, 1.82) is 0 Å². The van der Waals surface area contributed by atoms with Gasteiger partial charge in [-0.3, -0.25) is 9.59 Å². The number of rotatable bonds is 4. The molecule has 2 amide bonds. The van der Waals surface area contributed by atoms with Crippen molar-refractivity contribution in [2.24, 2.45) is 0 Å². The van der Waals surface area contributed by atoms with Crippen LogP contribution in [0.15, 0.2) is 11.4 Å². The molecule has 0 bridgehead atoms. The second kappa shape index (κ2) is 6.76. The Kier molecular flexibility index (Phi) is 5.20. The second-order valence-corrected chi connectivity index (χ2v) is 7.97. The van der Waals surface area contributed by atoms with Crippen LogP contribution < -0.4 is 10.6 Å². The molecule has 1 aliphatic rings. The molecule has 0 radical (unpaired) electrons. The molecule has 1 atom stereocenters. The van der Waals surface area contributed by atoms with Gasteiger partial charge < -0.3 is 10.6 Å². The number of nitrogens with one attached hydrogen (secondary N) is 2. The summed E-state index contributed by atoms with van der Waals surface area (Å²) < 4.78 is 24.9. The predicted octanol–water partition coefficient (Wildman–Crippen LogP) is 0.860. The van der Waals surface area contributed by atoms with Crippen molar-refractivity contribution in [3.63, 3.8) is 0 Å². The lowest BCUT2D eigenvalue weighted by Crippen LogP contribution is -2.49. The van der Waals surface area contributed by atoms with Crippen molar-refractivity contribution >= 4 is 38.2 Å². The highest BCUT2D eigenvalue weighted by atomic mass is 32.2. The highest BCUT2D eigenvalue weighted by Crippen LogP contribution is 2.26. The van der Waals surface area contributed by atoms with E-state index in [0.29, 0.717) is 23.5 Å². The Morgan fingerprint density at radius 1 is 1.36 bits per heavy atom. The molecule has 9 heteroatoms. The van der Waals surface area contributed by atoms with Crippen molar-refractivity contribution in [1.82, 2.24) is 9.62 Å². The molecule has 2 N–H and O–H groups in total. The largest absolute Gasteiger partial charge is 0.355 e. The number of anilines is 1. The SMILES string of the molecule is CNC(=O)c1ccsc1NC(=O)[C@H]1CCCCN1S(C)(=O)=O. The van der Waals surface area contributed by atoms with Gasteiger partial charge in [0.1, 0.15) is 11.0 Å². The van der Waals surface area contributed by atoms with Crippen LogP contribution in [0, 0.1) is 0 Å². The van der Waals surface area contributed by atoms with E-state index in [1.807, 2.05) is 0 Å². The summed E-state index contributed by atoms with van der Waals surface area (Å²) in [6, 6.07) is 0.900. The molecule has 1 fully saturated rings. The van der Waals surface area contributed by atoms with Gasteiger partial charge in [0.05, 0.1) is 11.8 Å². The average molecular weight is 345 g/mol. The van der Waals surface area contributed by atoms with Gasteiger partial charge in [0.15, 0.2) is 0 Å². The number of carbonyl (C=O) groups is 2. The van der Waals surface area contributed by atoms with E-state index in [1.54, 1.807) is 11.4 Å². The second-order valence-electron chi connectivity index (χ2n) is 5.12. The molecule has 0 saturated carbocycles. The molecule has 0 aromatic carbocycles. The van der Waals surface area contributed by atoms with Crippen LogP contribution in [0.5, 0.6) is 0 Å². The van der Waals surface area contributed by atoms with Gasteiger partial charge in [0, 0.05) is 13.6 Å². The Labute approximate surface area is 133 Å². The maximum atomic E-state index is 12.4. The first-order valence-electron chi connectivity index (χ1n) is 6.92. The van der Waals surface area contributed by atoms with Crippen LogP contribution in [0.2, 0.25) is 0 Å². The van der Waals surface area contributed by atoms with Gasteiger partial charge in [0.2, 0.25) is 15.9 Å². The topological polar surface area (TPSA) is 95.6 Å². The monoisotopic (exact) mass is 345 g/mol. The Morgan fingerprint density at radius 3 is 2.73 bits per heavy atom. The molecule has 1 aliphatic heterocycles. The normalized spacial score (nSPS) is 19.6. The van der Waals surface area contributed by atoms with E-state index in [2.05, 4.69) is 10.6 Å². The fraction of sp³-hybridized carbons (Fsp3) is 0.538. The van der Waals surface area contributed by atoms with E-state index < -0.39 is 22.0 Å². The highest BCUT2D eigenvalue weighted by molar-refractivity contribution is 7.88. The van der Waals surface area contributed by atoms with Gasteiger partial charge in [-0.05, 0) is 24.3 Å². The Hall–Kier alpha value is -1.45. The number of thiophene rings is 1. The summed E-state index contributed by atoms with van der Waals surface area (Å²) in [5.74, 6) is -0.683. The third-order valence-electron chi connectivity index (χ3n) is 3.56. The third kappa shape index (κ3) is 3.65. The van der Waals surface area contributed by atoms with Gasteiger partial charge >= 0.3 is 0 Å². The highest BCUT2D eigenvalue weighted by Gasteiger charge is 2.34. The molecule has 0 unspecified atom stereocenters. The minimum absolute atomic E-state index is 0.292. The number of hydrogen-bond donors (Lipinski definition) is 2. The van der Waals surface area contributed by atoms with Crippen LogP contribution >= 0.6 is 11.3 Å². The fourth-order valence-corrected chi connectivity index (χ4v) is 4.39. The molecule has 22 heavy (non-hydrogen) atoms. The van der Waals surface area contributed by atoms with E-state index in [4.69, 9.17) is 0 Å². The zero-order valence-electron chi connectivity index (χ0n) is 12.5. The number of sulfonamides is 1. The van der Waals surface area contributed by atoms with Crippen molar-refractivity contribution in [2.45, 2.75) is 25.3 Å². The Balaban J connectivity index is 2.18. The van der Waals surface area contributed by atoms with E-state index in [1.165, 1.54) is 22.7 Å². The summed E-state index contributed by atoms with van der Waals surface area (Å²) in [6.45, 7) is 0.351. The Morgan fingerprint density at radius 2 is 2.09 bits per heavy atom. The fourth-order valence-electron chi connectivity index (χ4n) is 2.48. The van der Waals surface area contributed by atoms with Crippen molar-refractivity contribution in [3.05, 3.63) is 17.0 Å². The lowest BCUT2D eigenvalue weighted by molar-refractivity contribution is -0.120. The first-order chi connectivity index (χ1) is 10.3. The van der Waals surface area contributed by atoms with Gasteiger partial charge in [-0.1, -0.05) is 6.42 Å². The Bertz CT molecular complexity index is 669. The number of nitrogens with zero attached hydrogens (tertiary/aromatic N) is 1. The summed E-state index contributed by atoms with van der Waals surface area (Å²) in [5.41, 5.74) is 0.377. The van der Waals surface area contributed by atoms with E-state index in [0.717, 1.165) is 19.1 Å². The van der Waals surface area contributed by atoms with Crippen molar-refractivity contribution in [2.75, 3.05) is 25.2 Å². The van der Waals surface area contributed by atoms with Gasteiger partial charge in [0.25, 0.3) is 5.91 Å². The molecule has 1 aromatic heterocycles. The minimum Gasteiger partial charge on any atom is -0.355 e. The van der Waals surface area contributed by atoms with Crippen LogP contribution in [-0.2, 0) is 14.8 Å². The molecule has 2 heterocycles. The van der Waals surface area contributed by atoms with Crippen LogP contribution in [0.3, 0.4) is 0 Å². The van der Waals surface area contributed by atoms with Gasteiger partial charge in [-0.25, -0.2) is 8.42 Å². The zero-order chi connectivity index (χ0) is 16.3. The number of piperidine rings is 1. The lowest BCUT2D eigenvalue weighted by Gasteiger charge is -2.32. The number of hydrogen-bond acceptors (Lipinski definition) is 5. The van der Waals surface area contributed by atoms with Crippen LogP contribution in [0.25, 0.3) is 0 Å². The van der Waals surface area contributed by atoms with E-state index in [9.17, 15) is 18.0 Å². The molecule has 0 spiro atoms. The molecule has 1 aromatic rings. The number of amides is 2. The van der Waals surface area contributed by atoms with Crippen molar-refractivity contribution in [3.8, 4) is 0 Å². The van der Waals surface area contributed by atoms with E-state index in [-0.39, 0.29) is 5.91 Å². The summed E-state index contributed by atoms with van der Waals surface area (Å²) in [4.78, 5) is 24.2. The zero-order valence-corrected chi connectivity index (χ0v) is 14.1. The first kappa shape index (κ1) is 16.9. The first-order valence-corrected chi connectivity index (χ1v) is 9.64. The lowest BCUT2D eigenvalue weighted by atomic mass is 10.0. The van der Waals surface area contributed by atoms with Crippen LogP contribution in [0.4, 0.5) is 5.00 Å². The number of carbonyl (C=O) groups excluding carboxylic acids is 2. The predicted molar refractivity (Wildman–Crippen MR) is 85.5 cm³/mol. The minimum atomic E-state index is -3.43. The summed E-state index contributed by atoms with van der Waals surface area (Å²) in [7, 11) is -1.92. The standard InChI is InChI=1S/C13H19N3O4S2/c1-14-11(17)9-6-8-21-13(9)15-12(18)10-5-3-4-7-16(10)22(2,19)20/h6,8,10H,3-5,7H2,1-2H3,(H,14,17)(H,15,18)/t10-/m1/s1. The smallest absolute Gasteiger partial charge is 0.254 e. The van der Waals surface area contributed by atoms with Crippen LogP contribution in [0.1, 0.15) is 29.6 Å². The maximum absolute atomic E-state index is 12.4. The average Bonchev–Trinajstić information content (AvgIpc) is 2.93. The summed E-state index contributed by atoms with van der Waals surface area (Å²) >= 11 is 1.23. The maximum Gasteiger partial charge on any atom is 0.254 e. The van der Waals surface area contributed by atoms with Gasteiger partial charge in [-0.15, -0.1) is 11.3 Å². The van der Waals surface area contributed by atoms with Gasteiger partial charge in [-0.2, -0.15) is 4.31 Å². The molecular weight excluding hydrogens is 326 g/mol. The van der Waals surface area contributed by atoms with Crippen LogP contribution in [-0.4, -0.2) is 50.4 Å². The molecule has 1 saturated heterocycles. The summed E-state index contributed by atoms with van der Waals surface area (Å²) in [6.07, 6.45) is 3.15. The summed E-state index contributed by atoms with van der Waals surface area (Å²) in [5, 5.41) is 7.33. The third-order valence-corrected chi connectivity index (χ3v) is 5.67. The van der Waals surface area contributed by atoms with E-state index >= 15 is 0 Å². The molecule has 122 valence electrons.